The third-order valence-electron chi connectivity index (χ3n) is 4.27. The Hall–Kier alpha value is -3.56. The first-order valence-electron chi connectivity index (χ1n) is 9.64. The molecule has 0 atom stereocenters. The number of anilines is 3. The molecule has 31 heavy (non-hydrogen) atoms. The molecule has 0 unspecified atom stereocenters. The Kier molecular flexibility index (Phi) is 6.19. The molecule has 3 heterocycles. The lowest BCUT2D eigenvalue weighted by atomic mass is 10.1. The third-order valence-corrected chi connectivity index (χ3v) is 4.27. The Morgan fingerprint density at radius 1 is 1.06 bits per heavy atom. The number of amides is 1. The smallest absolute Gasteiger partial charge is 0.303 e. The third kappa shape index (κ3) is 5.53. The predicted octanol–water partition coefficient (Wildman–Crippen LogP) is 4.57. The van der Waals surface area contributed by atoms with E-state index in [0.29, 0.717) is 28.5 Å². The fourth-order valence-corrected chi connectivity index (χ4v) is 2.81. The van der Waals surface area contributed by atoms with Crippen LogP contribution in [0.4, 0.5) is 26.1 Å². The molecule has 3 rings (SSSR count). The Balaban J connectivity index is 2.10. The van der Waals surface area contributed by atoms with Crippen LogP contribution >= 0.6 is 0 Å². The van der Waals surface area contributed by atoms with Crippen molar-refractivity contribution in [2.45, 2.75) is 46.5 Å². The summed E-state index contributed by atoms with van der Waals surface area (Å²) in [6, 6.07) is 4.98. The Bertz CT molecular complexity index is 1110. The summed E-state index contributed by atoms with van der Waals surface area (Å²) in [5, 5.41) is 5.66. The van der Waals surface area contributed by atoms with Gasteiger partial charge < -0.3 is 10.6 Å². The van der Waals surface area contributed by atoms with Crippen LogP contribution in [0.15, 0.2) is 30.7 Å². The number of hydrogen-bond donors (Lipinski definition) is 2. The molecule has 10 heteroatoms. The summed E-state index contributed by atoms with van der Waals surface area (Å²) in [6.45, 7) is 7.74. The van der Waals surface area contributed by atoms with Gasteiger partial charge in [0.15, 0.2) is 0 Å². The van der Waals surface area contributed by atoms with Gasteiger partial charge in [-0.2, -0.15) is 8.78 Å². The van der Waals surface area contributed by atoms with Gasteiger partial charge >= 0.3 is 5.92 Å². The van der Waals surface area contributed by atoms with Gasteiger partial charge in [-0.3, -0.25) is 4.79 Å². The van der Waals surface area contributed by atoms with Gasteiger partial charge in [0.1, 0.15) is 18.0 Å². The van der Waals surface area contributed by atoms with Crippen molar-refractivity contribution >= 4 is 23.2 Å². The highest BCUT2D eigenvalue weighted by Gasteiger charge is 2.29. The van der Waals surface area contributed by atoms with E-state index in [-0.39, 0.29) is 17.6 Å². The number of aromatic nitrogens is 5. The molecule has 0 spiro atoms. The monoisotopic (exact) mass is 427 g/mol. The number of pyridine rings is 1. The lowest BCUT2D eigenvalue weighted by Gasteiger charge is -2.16. The minimum atomic E-state index is -3.19. The van der Waals surface area contributed by atoms with Crippen LogP contribution < -0.4 is 10.6 Å². The summed E-state index contributed by atoms with van der Waals surface area (Å²) in [6.07, 6.45) is 3.00. The number of halogens is 2. The second-order valence-electron chi connectivity index (χ2n) is 7.51. The van der Waals surface area contributed by atoms with Crippen molar-refractivity contribution < 1.29 is 13.6 Å². The van der Waals surface area contributed by atoms with Crippen molar-refractivity contribution in [3.63, 3.8) is 0 Å². The van der Waals surface area contributed by atoms with E-state index in [4.69, 9.17) is 0 Å². The molecule has 0 aliphatic heterocycles. The van der Waals surface area contributed by atoms with Crippen LogP contribution in [0.3, 0.4) is 0 Å². The molecular formula is C21H23F2N7O. The van der Waals surface area contributed by atoms with Gasteiger partial charge in [-0.05, 0) is 18.9 Å². The number of hydrogen-bond acceptors (Lipinski definition) is 7. The molecule has 8 nitrogen and oxygen atoms in total. The normalized spacial score (nSPS) is 11.5. The van der Waals surface area contributed by atoms with Crippen molar-refractivity contribution in [1.29, 1.82) is 0 Å². The lowest BCUT2D eigenvalue weighted by molar-refractivity contribution is -0.114. The molecular weight excluding hydrogens is 404 g/mol. The topological polar surface area (TPSA) is 106 Å². The summed E-state index contributed by atoms with van der Waals surface area (Å²) in [4.78, 5) is 32.1. The molecule has 162 valence electrons. The Labute approximate surface area is 178 Å². The molecule has 0 saturated heterocycles. The SMILES string of the molecule is CC(=O)Nc1cc(Nc2cc(C)nc(C(C)(F)F)n2)c(-c2cc(C(C)C)ncn2)cn1. The van der Waals surface area contributed by atoms with Crippen LogP contribution in [0.1, 0.15) is 50.8 Å². The van der Waals surface area contributed by atoms with Crippen LogP contribution in [0.25, 0.3) is 11.3 Å². The highest BCUT2D eigenvalue weighted by Crippen LogP contribution is 2.32. The zero-order valence-corrected chi connectivity index (χ0v) is 17.9. The molecule has 0 saturated carbocycles. The Morgan fingerprint density at radius 2 is 1.81 bits per heavy atom. The molecule has 0 fully saturated rings. The quantitative estimate of drug-likeness (QED) is 0.593. The molecule has 0 aliphatic carbocycles. The zero-order valence-electron chi connectivity index (χ0n) is 17.9. The number of nitrogens with zero attached hydrogens (tertiary/aromatic N) is 5. The average Bonchev–Trinajstić information content (AvgIpc) is 2.66. The highest BCUT2D eigenvalue weighted by molar-refractivity contribution is 5.89. The minimum Gasteiger partial charge on any atom is -0.339 e. The van der Waals surface area contributed by atoms with Gasteiger partial charge in [0, 0.05) is 49.1 Å². The number of alkyl halides is 2. The van der Waals surface area contributed by atoms with Gasteiger partial charge in [0.05, 0.1) is 11.4 Å². The molecule has 0 radical (unpaired) electrons. The molecule has 0 aliphatic rings. The van der Waals surface area contributed by atoms with Crippen LogP contribution in [0, 0.1) is 6.92 Å². The van der Waals surface area contributed by atoms with E-state index in [1.54, 1.807) is 25.3 Å². The van der Waals surface area contributed by atoms with Crippen molar-refractivity contribution in [2.75, 3.05) is 10.6 Å². The number of rotatable bonds is 6. The maximum Gasteiger partial charge on any atom is 0.303 e. The van der Waals surface area contributed by atoms with Gasteiger partial charge in [0.2, 0.25) is 11.7 Å². The highest BCUT2D eigenvalue weighted by atomic mass is 19.3. The summed E-state index contributed by atoms with van der Waals surface area (Å²) >= 11 is 0. The maximum atomic E-state index is 13.8. The molecule has 0 bridgehead atoms. The van der Waals surface area contributed by atoms with E-state index in [9.17, 15) is 13.6 Å². The second kappa shape index (κ2) is 8.66. The largest absolute Gasteiger partial charge is 0.339 e. The van der Waals surface area contributed by atoms with Crippen molar-refractivity contribution in [3.05, 3.63) is 47.9 Å². The van der Waals surface area contributed by atoms with E-state index in [1.807, 2.05) is 19.9 Å². The second-order valence-corrected chi connectivity index (χ2v) is 7.51. The predicted molar refractivity (Wildman–Crippen MR) is 113 cm³/mol. The van der Waals surface area contributed by atoms with Crippen LogP contribution in [0.5, 0.6) is 0 Å². The van der Waals surface area contributed by atoms with Crippen molar-refractivity contribution in [1.82, 2.24) is 24.9 Å². The summed E-state index contributed by atoms with van der Waals surface area (Å²) < 4.78 is 27.6. The van der Waals surface area contributed by atoms with Crippen LogP contribution in [-0.4, -0.2) is 30.8 Å². The van der Waals surface area contributed by atoms with E-state index in [1.165, 1.54) is 13.3 Å². The van der Waals surface area contributed by atoms with Gasteiger partial charge in [-0.1, -0.05) is 13.8 Å². The first kappa shape index (κ1) is 22.1. The molecule has 1 amide bonds. The fourth-order valence-electron chi connectivity index (χ4n) is 2.81. The number of carbonyl (C=O) groups excluding carboxylic acids is 1. The maximum absolute atomic E-state index is 13.8. The average molecular weight is 427 g/mol. The van der Waals surface area contributed by atoms with Gasteiger partial charge in [-0.25, -0.2) is 24.9 Å². The first-order valence-corrected chi connectivity index (χ1v) is 9.64. The number of nitrogens with one attached hydrogen (secondary N) is 2. The first-order chi connectivity index (χ1) is 14.5. The van der Waals surface area contributed by atoms with E-state index in [0.717, 1.165) is 12.6 Å². The number of carbonyl (C=O) groups is 1. The van der Waals surface area contributed by atoms with Crippen LogP contribution in [-0.2, 0) is 10.7 Å². The standard InChI is InChI=1S/C21H23F2N7O/c1-11(2)15-7-16(26-10-25-15)14-9-24-18(28-13(4)31)8-17(14)29-19-6-12(3)27-20(30-19)21(5,22)23/h6-11H,1-5H3,(H2,24,27,28,29,30,31). The zero-order chi connectivity index (χ0) is 22.8. The minimum absolute atomic E-state index is 0.184. The summed E-state index contributed by atoms with van der Waals surface area (Å²) in [5.74, 6) is -3.40. The van der Waals surface area contributed by atoms with E-state index in [2.05, 4.69) is 35.6 Å². The molecule has 3 aromatic heterocycles. The molecule has 3 aromatic rings. The van der Waals surface area contributed by atoms with Gasteiger partial charge in [0.25, 0.3) is 0 Å². The fraction of sp³-hybridized carbons (Fsp3) is 0.333. The number of aryl methyl sites for hydroxylation is 1. The van der Waals surface area contributed by atoms with Crippen LogP contribution in [0.2, 0.25) is 0 Å². The van der Waals surface area contributed by atoms with Crippen molar-refractivity contribution in [2.24, 2.45) is 0 Å². The van der Waals surface area contributed by atoms with Gasteiger partial charge in [-0.15, -0.1) is 0 Å². The lowest BCUT2D eigenvalue weighted by Crippen LogP contribution is -2.14. The van der Waals surface area contributed by atoms with E-state index >= 15 is 0 Å². The summed E-state index contributed by atoms with van der Waals surface area (Å²) in [5.41, 5.74) is 2.90. The molecule has 0 aromatic carbocycles. The van der Waals surface area contributed by atoms with E-state index < -0.39 is 11.7 Å². The Morgan fingerprint density at radius 3 is 2.45 bits per heavy atom. The van der Waals surface area contributed by atoms with Crippen molar-refractivity contribution in [3.8, 4) is 11.3 Å². The summed E-state index contributed by atoms with van der Waals surface area (Å²) in [7, 11) is 0. The molecule has 2 N–H and O–H groups in total.